The van der Waals surface area contributed by atoms with Crippen LogP contribution in [0.1, 0.15) is 307 Å². The average molecular weight is 1440 g/mol. The molecule has 0 spiro atoms. The molecule has 0 aromatic carbocycles. The van der Waals surface area contributed by atoms with E-state index in [1.807, 2.05) is 157 Å². The smallest absolute Gasteiger partial charge is 0.330 e. The lowest BCUT2D eigenvalue weighted by molar-refractivity contribution is -0.147. The Labute approximate surface area is 628 Å². The van der Waals surface area contributed by atoms with E-state index in [4.69, 9.17) is 18.9 Å². The topological polar surface area (TPSA) is 194 Å². The summed E-state index contributed by atoms with van der Waals surface area (Å²) < 4.78 is 19.9. The highest BCUT2D eigenvalue weighted by atomic mass is 16.6. The number of carbonyl (C=O) groups is 9. The molecular formula is C88H159NO13. The van der Waals surface area contributed by atoms with Gasteiger partial charge in [-0.15, -0.1) is 0 Å². The number of esters is 4. The molecule has 2 unspecified atom stereocenters. The van der Waals surface area contributed by atoms with E-state index in [2.05, 4.69) is 124 Å². The third kappa shape index (κ3) is 115. The van der Waals surface area contributed by atoms with E-state index in [0.29, 0.717) is 45.3 Å². The van der Waals surface area contributed by atoms with Gasteiger partial charge in [-0.05, 0) is 181 Å². The van der Waals surface area contributed by atoms with Gasteiger partial charge in [0.25, 0.3) is 0 Å². The standard InChI is InChI=1S/C12H23NO.C11H20O.C10H18O2.2C10H18O.2C9H16O2.C9H16O.C8H14O2/c1-12(2,3)9-8-11(14)7-6-10-13(4)5;1-9(2)8-10(12)6-7-11(3,4)5;1-6-7-9(11)12-8(2)10(3,4)5;1-8(2)6-9(11)7-10(3,4)5;1-5-6-9(11)7-8-10(2,3)4;1-6-8(10)11-7(2)9(3,4)5;1-5-6-8(10)11-7-9(2,3)4;1-5-8(10)6-7-9(2,3)4;1-5-7(9)10-6-8(2,3)4/h6-7H,8-10H2,1-5H3;8H,6-7H2,1-5H3;6-8H,1-5H3;6H,7H2,1-5H3;5-6H,7-8H2,1-4H3;6-7H,1H2,2-5H3;5-6H,7H2,1-4H3;5H,1,6-7H2,2-4H3;5H,1,6H2,2-4H3/b7-6+;;7-6+;;6-5+;;6-5+;;. The van der Waals surface area contributed by atoms with Gasteiger partial charge in [0.05, 0.1) is 13.2 Å². The lowest BCUT2D eigenvalue weighted by atomic mass is 9.89. The number of rotatable bonds is 24. The minimum absolute atomic E-state index is 0.00132. The van der Waals surface area contributed by atoms with Crippen LogP contribution in [0.4, 0.5) is 0 Å². The number of hydrogen-bond donors (Lipinski definition) is 0. The number of carbonyl (C=O) groups excluding carboxylic acids is 9. The third-order valence-electron chi connectivity index (χ3n) is 12.7. The van der Waals surface area contributed by atoms with Gasteiger partial charge in [0.2, 0.25) is 0 Å². The van der Waals surface area contributed by atoms with E-state index >= 15 is 0 Å². The highest BCUT2D eigenvalue weighted by molar-refractivity contribution is 5.91. The fraction of sp³-hybridized carbons (Fsp3) is 0.693. The Bertz CT molecular complexity index is 2490. The summed E-state index contributed by atoms with van der Waals surface area (Å²) >= 11 is 0. The van der Waals surface area contributed by atoms with Crippen molar-refractivity contribution >= 4 is 52.8 Å². The first-order chi connectivity index (χ1) is 45.5. The SMILES string of the molecule is C/C=C/C(=O)CCC(C)(C)C.C/C=C/C(=O)OC(C)C(C)(C)C.C/C=C/C(=O)OCC(C)(C)C.C=CC(=O)CCC(C)(C)C.C=CC(=O)OC(C)C(C)(C)C.C=CC(=O)OCC(C)(C)C.CC(C)=CC(=O)CC(C)(C)C.CC(C)=CC(=O)CCC(C)(C)C.CN(C)C/C=C/C(=O)CCC(C)(C)C. The van der Waals surface area contributed by atoms with Crippen molar-refractivity contribution in [2.45, 2.75) is 319 Å². The Morgan fingerprint density at radius 2 is 0.647 bits per heavy atom. The molecule has 0 aromatic heterocycles. The minimum atomic E-state index is -0.354. The minimum Gasteiger partial charge on any atom is -0.462 e. The predicted molar refractivity (Wildman–Crippen MR) is 436 cm³/mol. The Morgan fingerprint density at radius 1 is 0.353 bits per heavy atom. The second kappa shape index (κ2) is 59.1. The zero-order valence-corrected chi connectivity index (χ0v) is 73.0. The van der Waals surface area contributed by atoms with Crippen LogP contribution in [0, 0.1) is 48.7 Å². The van der Waals surface area contributed by atoms with Crippen molar-refractivity contribution in [3.05, 3.63) is 110 Å². The van der Waals surface area contributed by atoms with Crippen molar-refractivity contribution in [1.29, 1.82) is 0 Å². The molecule has 14 nitrogen and oxygen atoms in total. The molecule has 594 valence electrons. The summed E-state index contributed by atoms with van der Waals surface area (Å²) in [7, 11) is 3.98. The maximum absolute atomic E-state index is 11.4. The molecule has 0 aromatic rings. The van der Waals surface area contributed by atoms with Gasteiger partial charge in [-0.3, -0.25) is 24.0 Å². The molecule has 0 heterocycles. The average Bonchev–Trinajstić information content (AvgIpc) is 0.915. The molecule has 2 atom stereocenters. The van der Waals surface area contributed by atoms with Gasteiger partial charge >= 0.3 is 23.9 Å². The maximum atomic E-state index is 11.4. The van der Waals surface area contributed by atoms with Crippen molar-refractivity contribution in [3.8, 4) is 0 Å². The van der Waals surface area contributed by atoms with Crippen molar-refractivity contribution in [2.24, 2.45) is 48.7 Å². The van der Waals surface area contributed by atoms with Crippen molar-refractivity contribution < 1.29 is 62.1 Å². The number of allylic oxidation sites excluding steroid dienone is 10. The Kier molecular flexibility index (Phi) is 66.3. The summed E-state index contributed by atoms with van der Waals surface area (Å²) in [6, 6.07) is 0. The van der Waals surface area contributed by atoms with Crippen LogP contribution in [0.2, 0.25) is 0 Å². The van der Waals surface area contributed by atoms with Crippen LogP contribution in [0.3, 0.4) is 0 Å². The van der Waals surface area contributed by atoms with Crippen LogP contribution < -0.4 is 0 Å². The van der Waals surface area contributed by atoms with Gasteiger partial charge in [-0.2, -0.15) is 0 Å². The second-order valence-corrected chi connectivity index (χ2v) is 36.8. The molecule has 0 N–H and O–H groups in total. The molecule has 0 aliphatic heterocycles. The van der Waals surface area contributed by atoms with Gasteiger partial charge in [-0.1, -0.05) is 242 Å². The van der Waals surface area contributed by atoms with Crippen molar-refractivity contribution in [2.75, 3.05) is 33.9 Å². The largest absolute Gasteiger partial charge is 0.462 e. The summed E-state index contributed by atoms with van der Waals surface area (Å²) in [6.07, 6.45) is 27.4. The summed E-state index contributed by atoms with van der Waals surface area (Å²) in [5.41, 5.74) is 3.45. The van der Waals surface area contributed by atoms with E-state index in [0.717, 1.165) is 43.4 Å². The summed E-state index contributed by atoms with van der Waals surface area (Å²) in [5, 5.41) is 0. The zero-order chi connectivity index (χ0) is 83.1. The number of nitrogens with zero attached hydrogens (tertiary/aromatic N) is 1. The lowest BCUT2D eigenvalue weighted by Gasteiger charge is -2.26. The highest BCUT2D eigenvalue weighted by Gasteiger charge is 2.24. The lowest BCUT2D eigenvalue weighted by Crippen LogP contribution is -2.28. The summed E-state index contributed by atoms with van der Waals surface area (Å²) in [5.74, 6) is -0.119. The van der Waals surface area contributed by atoms with Gasteiger partial charge in [0.15, 0.2) is 28.9 Å². The number of ketones is 5. The predicted octanol–water partition coefficient (Wildman–Crippen LogP) is 22.9. The van der Waals surface area contributed by atoms with Crippen molar-refractivity contribution in [3.63, 3.8) is 0 Å². The second-order valence-electron chi connectivity index (χ2n) is 36.8. The fourth-order valence-corrected chi connectivity index (χ4v) is 5.88. The molecular weight excluding hydrogens is 1280 g/mol. The van der Waals surface area contributed by atoms with Crippen LogP contribution in [-0.2, 0) is 62.1 Å². The maximum Gasteiger partial charge on any atom is 0.330 e. The Balaban J connectivity index is -0.000000136. The van der Waals surface area contributed by atoms with Crippen LogP contribution in [0.5, 0.6) is 0 Å². The molecule has 0 rings (SSSR count). The highest BCUT2D eigenvalue weighted by Crippen LogP contribution is 2.26. The van der Waals surface area contributed by atoms with Crippen LogP contribution in [0.25, 0.3) is 0 Å². The first kappa shape index (κ1) is 114. The zero-order valence-electron chi connectivity index (χ0n) is 73.0. The first-order valence-corrected chi connectivity index (χ1v) is 36.3. The summed E-state index contributed by atoms with van der Waals surface area (Å²) in [4.78, 5) is 101. The van der Waals surface area contributed by atoms with E-state index in [1.54, 1.807) is 56.4 Å². The Morgan fingerprint density at radius 3 is 0.922 bits per heavy atom. The number of hydrogen-bond acceptors (Lipinski definition) is 14. The molecule has 0 fully saturated rings. The number of likely N-dealkylation sites (N-methyl/N-ethyl adjacent to an activating group) is 1. The van der Waals surface area contributed by atoms with Crippen LogP contribution >= 0.6 is 0 Å². The quantitative estimate of drug-likeness (QED) is 0.0503. The van der Waals surface area contributed by atoms with Crippen LogP contribution in [0.15, 0.2) is 110 Å². The molecule has 0 aliphatic rings. The van der Waals surface area contributed by atoms with Gasteiger partial charge < -0.3 is 23.8 Å². The fourth-order valence-electron chi connectivity index (χ4n) is 5.88. The monoisotopic (exact) mass is 1440 g/mol. The van der Waals surface area contributed by atoms with Gasteiger partial charge in [0.1, 0.15) is 12.2 Å². The molecule has 14 heteroatoms. The molecule has 0 aliphatic carbocycles. The molecule has 0 bridgehead atoms. The molecule has 0 radical (unpaired) electrons. The first-order valence-electron chi connectivity index (χ1n) is 36.3. The van der Waals surface area contributed by atoms with E-state index in [-0.39, 0.29) is 114 Å². The Hall–Kier alpha value is -6.15. The third-order valence-corrected chi connectivity index (χ3v) is 12.7. The summed E-state index contributed by atoms with van der Waals surface area (Å²) in [6.45, 7) is 85.1. The molecule has 102 heavy (non-hydrogen) atoms. The van der Waals surface area contributed by atoms with E-state index in [9.17, 15) is 43.2 Å². The molecule has 0 saturated carbocycles. The normalized spacial score (nSPS) is 12.2. The van der Waals surface area contributed by atoms with E-state index < -0.39 is 0 Å². The van der Waals surface area contributed by atoms with Crippen LogP contribution in [-0.4, -0.2) is 104 Å². The number of ether oxygens (including phenoxy) is 4. The van der Waals surface area contributed by atoms with Gasteiger partial charge in [-0.25, -0.2) is 19.2 Å². The molecule has 0 amide bonds. The van der Waals surface area contributed by atoms with Crippen molar-refractivity contribution in [1.82, 2.24) is 4.90 Å². The van der Waals surface area contributed by atoms with Gasteiger partial charge in [0, 0.05) is 63.0 Å². The van der Waals surface area contributed by atoms with E-state index in [1.165, 1.54) is 30.4 Å². The molecule has 0 saturated heterocycles.